The minimum atomic E-state index is -0.285. The van der Waals surface area contributed by atoms with E-state index in [0.29, 0.717) is 16.5 Å². The Balaban J connectivity index is 1.65. The molecule has 0 fully saturated rings. The maximum Gasteiger partial charge on any atom is 0.125 e. The number of benzene rings is 3. The molecule has 0 radical (unpaired) electrons. The first-order valence-corrected chi connectivity index (χ1v) is 9.65. The maximum atomic E-state index is 13.8. The van der Waals surface area contributed by atoms with Gasteiger partial charge < -0.3 is 0 Å². The fourth-order valence-electron chi connectivity index (χ4n) is 3.20. The van der Waals surface area contributed by atoms with Crippen molar-refractivity contribution in [3.63, 3.8) is 0 Å². The summed E-state index contributed by atoms with van der Waals surface area (Å²) in [5.74, 6) is -0.285. The molecule has 0 aromatic heterocycles. The Bertz CT molecular complexity index is 1030. The molecule has 0 amide bonds. The summed E-state index contributed by atoms with van der Waals surface area (Å²) in [6, 6.07) is 21.8. The van der Waals surface area contributed by atoms with Crippen LogP contribution in [0.25, 0.3) is 6.08 Å². The number of nitrogens with zero attached hydrogens (tertiary/aromatic N) is 2. The van der Waals surface area contributed by atoms with Gasteiger partial charge in [-0.05, 0) is 59.7 Å². The summed E-state index contributed by atoms with van der Waals surface area (Å²) in [6.07, 6.45) is 4.71. The number of allylic oxidation sites excluding steroid dienone is 1. The van der Waals surface area contributed by atoms with Crippen molar-refractivity contribution in [2.45, 2.75) is 12.5 Å². The third kappa shape index (κ3) is 4.27. The molecule has 140 valence electrons. The van der Waals surface area contributed by atoms with Crippen LogP contribution in [-0.2, 0) is 0 Å². The zero-order valence-corrected chi connectivity index (χ0v) is 16.4. The van der Waals surface area contributed by atoms with Gasteiger partial charge in [-0.1, -0.05) is 59.6 Å². The lowest BCUT2D eigenvalue weighted by molar-refractivity contribution is 0.624. The number of hydrazone groups is 1. The second kappa shape index (κ2) is 8.17. The minimum absolute atomic E-state index is 0.0241. The molecule has 0 saturated carbocycles. The Kier molecular flexibility index (Phi) is 5.47. The quantitative estimate of drug-likeness (QED) is 0.445. The zero-order chi connectivity index (χ0) is 19.5. The lowest BCUT2D eigenvalue weighted by Gasteiger charge is -2.24. The molecule has 2 nitrogen and oxygen atoms in total. The number of rotatable bonds is 4. The summed E-state index contributed by atoms with van der Waals surface area (Å²) >= 11 is 12.0. The van der Waals surface area contributed by atoms with Gasteiger partial charge >= 0.3 is 0 Å². The summed E-state index contributed by atoms with van der Waals surface area (Å²) in [5.41, 5.74) is 3.75. The molecule has 3 aromatic rings. The van der Waals surface area contributed by atoms with E-state index in [0.717, 1.165) is 22.5 Å². The van der Waals surface area contributed by atoms with Crippen molar-refractivity contribution in [2.75, 3.05) is 5.01 Å². The summed E-state index contributed by atoms with van der Waals surface area (Å²) in [4.78, 5) is 0. The molecule has 0 unspecified atom stereocenters. The van der Waals surface area contributed by atoms with E-state index in [4.69, 9.17) is 28.3 Å². The van der Waals surface area contributed by atoms with E-state index in [-0.39, 0.29) is 11.9 Å². The van der Waals surface area contributed by atoms with Gasteiger partial charge in [0, 0.05) is 16.5 Å². The molecular formula is C23H17Cl2FN2. The molecule has 0 saturated heterocycles. The van der Waals surface area contributed by atoms with Crippen LogP contribution in [0.15, 0.2) is 84.0 Å². The highest BCUT2D eigenvalue weighted by Gasteiger charge is 2.28. The molecule has 0 spiro atoms. The maximum absolute atomic E-state index is 13.8. The van der Waals surface area contributed by atoms with Gasteiger partial charge in [-0.15, -0.1) is 0 Å². The Hall–Kier alpha value is -2.62. The fraction of sp³-hybridized carbons (Fsp3) is 0.0870. The van der Waals surface area contributed by atoms with Crippen molar-refractivity contribution in [2.24, 2.45) is 5.10 Å². The molecule has 0 aliphatic carbocycles. The van der Waals surface area contributed by atoms with E-state index in [1.54, 1.807) is 6.07 Å². The highest BCUT2D eigenvalue weighted by Crippen LogP contribution is 2.36. The average Bonchev–Trinajstić information content (AvgIpc) is 3.12. The van der Waals surface area contributed by atoms with Crippen molar-refractivity contribution in [1.82, 2.24) is 0 Å². The molecule has 4 rings (SSSR count). The van der Waals surface area contributed by atoms with Crippen LogP contribution in [-0.4, -0.2) is 5.71 Å². The third-order valence-corrected chi connectivity index (χ3v) is 5.10. The predicted molar refractivity (Wildman–Crippen MR) is 116 cm³/mol. The van der Waals surface area contributed by atoms with Gasteiger partial charge in [-0.25, -0.2) is 4.39 Å². The highest BCUT2D eigenvalue weighted by atomic mass is 35.5. The number of anilines is 1. The van der Waals surface area contributed by atoms with Gasteiger partial charge in [0.1, 0.15) is 5.82 Å². The smallest absolute Gasteiger partial charge is 0.125 e. The van der Waals surface area contributed by atoms with Gasteiger partial charge in [0.05, 0.1) is 17.4 Å². The van der Waals surface area contributed by atoms with E-state index in [9.17, 15) is 4.39 Å². The van der Waals surface area contributed by atoms with Gasteiger partial charge in [-0.3, -0.25) is 5.01 Å². The van der Waals surface area contributed by atoms with Gasteiger partial charge in [-0.2, -0.15) is 5.10 Å². The van der Waals surface area contributed by atoms with E-state index in [2.05, 4.69) is 0 Å². The first-order valence-electron chi connectivity index (χ1n) is 8.90. The molecule has 28 heavy (non-hydrogen) atoms. The zero-order valence-electron chi connectivity index (χ0n) is 14.9. The highest BCUT2D eigenvalue weighted by molar-refractivity contribution is 6.30. The number of hydrogen-bond donors (Lipinski definition) is 0. The van der Waals surface area contributed by atoms with E-state index < -0.39 is 0 Å². The van der Waals surface area contributed by atoms with Crippen LogP contribution in [0.3, 0.4) is 0 Å². The van der Waals surface area contributed by atoms with Crippen LogP contribution in [0.2, 0.25) is 10.0 Å². The molecule has 0 N–H and O–H groups in total. The van der Waals surface area contributed by atoms with Gasteiger partial charge in [0.15, 0.2) is 0 Å². The van der Waals surface area contributed by atoms with Crippen LogP contribution in [0.4, 0.5) is 10.1 Å². The summed E-state index contributed by atoms with van der Waals surface area (Å²) in [7, 11) is 0. The van der Waals surface area contributed by atoms with Crippen molar-refractivity contribution in [1.29, 1.82) is 0 Å². The SMILES string of the molecule is Fc1cccc(N2N=C(/C=C\c3ccc(Cl)cc3)C[C@@H]2c2ccc(Cl)cc2)c1. The molecule has 0 bridgehead atoms. The van der Waals surface area contributed by atoms with Gasteiger partial charge in [0.25, 0.3) is 0 Å². The van der Waals surface area contributed by atoms with Crippen LogP contribution in [0.5, 0.6) is 0 Å². The first-order chi connectivity index (χ1) is 13.6. The molecule has 1 heterocycles. The molecule has 1 aliphatic rings. The molecule has 1 aliphatic heterocycles. The lowest BCUT2D eigenvalue weighted by atomic mass is 10.0. The van der Waals surface area contributed by atoms with E-state index in [1.807, 2.05) is 71.8 Å². The Labute approximate surface area is 173 Å². The molecule has 1 atom stereocenters. The Morgan fingerprint density at radius 2 is 1.57 bits per heavy atom. The van der Waals surface area contributed by atoms with Crippen molar-refractivity contribution < 1.29 is 4.39 Å². The molecular weight excluding hydrogens is 394 g/mol. The van der Waals surface area contributed by atoms with E-state index in [1.165, 1.54) is 12.1 Å². The summed E-state index contributed by atoms with van der Waals surface area (Å²) in [6.45, 7) is 0. The van der Waals surface area contributed by atoms with Crippen molar-refractivity contribution in [3.8, 4) is 0 Å². The predicted octanol–water partition coefficient (Wildman–Crippen LogP) is 7.15. The second-order valence-corrected chi connectivity index (χ2v) is 7.45. The fourth-order valence-corrected chi connectivity index (χ4v) is 3.45. The Morgan fingerprint density at radius 1 is 0.893 bits per heavy atom. The minimum Gasteiger partial charge on any atom is -0.257 e. The van der Waals surface area contributed by atoms with Crippen LogP contribution in [0, 0.1) is 5.82 Å². The van der Waals surface area contributed by atoms with Crippen molar-refractivity contribution >= 4 is 40.7 Å². The van der Waals surface area contributed by atoms with Gasteiger partial charge in [0.2, 0.25) is 0 Å². The normalized spacial score (nSPS) is 16.6. The monoisotopic (exact) mass is 410 g/mol. The number of hydrogen-bond acceptors (Lipinski definition) is 2. The standard InChI is InChI=1S/C23H17Cl2FN2/c24-18-9-4-16(5-10-18)6-13-21-15-23(17-7-11-19(25)12-8-17)28(27-21)22-3-1-2-20(26)14-22/h1-14,23H,15H2/b13-6-/t23-/m1/s1. The summed E-state index contributed by atoms with van der Waals surface area (Å²) < 4.78 is 13.8. The molecule has 5 heteroatoms. The first kappa shape index (κ1) is 18.7. The largest absolute Gasteiger partial charge is 0.257 e. The Morgan fingerprint density at radius 3 is 2.25 bits per heavy atom. The number of halogens is 3. The lowest BCUT2D eigenvalue weighted by Crippen LogP contribution is -2.18. The second-order valence-electron chi connectivity index (χ2n) is 6.57. The van der Waals surface area contributed by atoms with E-state index >= 15 is 0 Å². The topological polar surface area (TPSA) is 15.6 Å². The van der Waals surface area contributed by atoms with Crippen LogP contribution in [0.1, 0.15) is 23.6 Å². The average molecular weight is 411 g/mol. The molecule has 3 aromatic carbocycles. The van der Waals surface area contributed by atoms with Crippen LogP contribution >= 0.6 is 23.2 Å². The van der Waals surface area contributed by atoms with Crippen molar-refractivity contribution in [3.05, 3.63) is 106 Å². The summed E-state index contributed by atoms with van der Waals surface area (Å²) in [5, 5.41) is 8.01. The van der Waals surface area contributed by atoms with Crippen LogP contribution < -0.4 is 5.01 Å². The third-order valence-electron chi connectivity index (χ3n) is 4.60.